The van der Waals surface area contributed by atoms with E-state index in [-0.39, 0.29) is 17.9 Å². The first-order valence-electron chi connectivity index (χ1n) is 4.09. The molecule has 0 radical (unpaired) electrons. The Bertz CT molecular complexity index is 148. The van der Waals surface area contributed by atoms with Crippen LogP contribution >= 0.6 is 0 Å². The van der Waals surface area contributed by atoms with Crippen LogP contribution in [0.4, 0.5) is 0 Å². The SMILES string of the molecule is CC(O)CN(C)CC(C)C(N)=O. The summed E-state index contributed by atoms with van der Waals surface area (Å²) in [6, 6.07) is 0. The molecule has 12 heavy (non-hydrogen) atoms. The number of amides is 1. The van der Waals surface area contributed by atoms with Gasteiger partial charge in [0.05, 0.1) is 6.10 Å². The Kier molecular flexibility index (Phi) is 4.85. The predicted molar refractivity (Wildman–Crippen MR) is 47.5 cm³/mol. The van der Waals surface area contributed by atoms with E-state index < -0.39 is 0 Å². The van der Waals surface area contributed by atoms with Crippen LogP contribution in [0.15, 0.2) is 0 Å². The third-order valence-corrected chi connectivity index (χ3v) is 1.65. The number of hydrogen-bond donors (Lipinski definition) is 2. The highest BCUT2D eigenvalue weighted by molar-refractivity contribution is 5.76. The van der Waals surface area contributed by atoms with Gasteiger partial charge in [0.25, 0.3) is 0 Å². The number of primary amides is 1. The van der Waals surface area contributed by atoms with Gasteiger partial charge < -0.3 is 15.7 Å². The Hall–Kier alpha value is -0.610. The van der Waals surface area contributed by atoms with Crippen molar-refractivity contribution in [1.29, 1.82) is 0 Å². The van der Waals surface area contributed by atoms with Crippen molar-refractivity contribution in [2.24, 2.45) is 11.7 Å². The topological polar surface area (TPSA) is 66.6 Å². The van der Waals surface area contributed by atoms with Gasteiger partial charge in [0, 0.05) is 19.0 Å². The van der Waals surface area contributed by atoms with Crippen molar-refractivity contribution >= 4 is 5.91 Å². The summed E-state index contributed by atoms with van der Waals surface area (Å²) in [6.07, 6.45) is -0.366. The van der Waals surface area contributed by atoms with Crippen molar-refractivity contribution in [1.82, 2.24) is 4.90 Å². The van der Waals surface area contributed by atoms with Crippen LogP contribution in [0.3, 0.4) is 0 Å². The molecule has 0 saturated carbocycles. The van der Waals surface area contributed by atoms with Crippen LogP contribution in [0.1, 0.15) is 13.8 Å². The average molecular weight is 174 g/mol. The van der Waals surface area contributed by atoms with Crippen LogP contribution in [0.25, 0.3) is 0 Å². The molecule has 0 aliphatic heterocycles. The molecular weight excluding hydrogens is 156 g/mol. The molecule has 72 valence electrons. The van der Waals surface area contributed by atoms with Gasteiger partial charge in [-0.15, -0.1) is 0 Å². The van der Waals surface area contributed by atoms with Crippen molar-refractivity contribution < 1.29 is 9.90 Å². The van der Waals surface area contributed by atoms with Gasteiger partial charge in [0.2, 0.25) is 5.91 Å². The molecule has 4 heteroatoms. The molecule has 0 spiro atoms. The van der Waals surface area contributed by atoms with Crippen LogP contribution < -0.4 is 5.73 Å². The van der Waals surface area contributed by atoms with Crippen LogP contribution in [0.2, 0.25) is 0 Å². The van der Waals surface area contributed by atoms with Gasteiger partial charge in [-0.25, -0.2) is 0 Å². The summed E-state index contributed by atoms with van der Waals surface area (Å²) >= 11 is 0. The summed E-state index contributed by atoms with van der Waals surface area (Å²) in [5.74, 6) is -0.457. The first-order chi connectivity index (χ1) is 5.43. The Morgan fingerprint density at radius 1 is 1.50 bits per heavy atom. The second-order valence-electron chi connectivity index (χ2n) is 3.37. The van der Waals surface area contributed by atoms with E-state index in [1.165, 1.54) is 0 Å². The highest BCUT2D eigenvalue weighted by Crippen LogP contribution is 1.97. The van der Waals surface area contributed by atoms with E-state index in [4.69, 9.17) is 10.8 Å². The van der Waals surface area contributed by atoms with Gasteiger partial charge >= 0.3 is 0 Å². The zero-order valence-corrected chi connectivity index (χ0v) is 7.95. The minimum atomic E-state index is -0.366. The normalized spacial score (nSPS) is 16.1. The molecule has 2 unspecified atom stereocenters. The number of carbonyl (C=O) groups excluding carboxylic acids is 1. The van der Waals surface area contributed by atoms with Crippen molar-refractivity contribution in [3.8, 4) is 0 Å². The fourth-order valence-electron chi connectivity index (χ4n) is 1.08. The molecule has 0 aliphatic carbocycles. The number of likely N-dealkylation sites (N-methyl/N-ethyl adjacent to an activating group) is 1. The van der Waals surface area contributed by atoms with Crippen molar-refractivity contribution in [2.45, 2.75) is 20.0 Å². The summed E-state index contributed by atoms with van der Waals surface area (Å²) in [7, 11) is 1.85. The molecule has 2 atom stereocenters. The third-order valence-electron chi connectivity index (χ3n) is 1.65. The quantitative estimate of drug-likeness (QED) is 0.586. The Morgan fingerprint density at radius 2 is 2.00 bits per heavy atom. The molecule has 0 aromatic rings. The molecule has 4 nitrogen and oxygen atoms in total. The number of aliphatic hydroxyl groups is 1. The molecule has 3 N–H and O–H groups in total. The van der Waals surface area contributed by atoms with Crippen molar-refractivity contribution in [3.63, 3.8) is 0 Å². The number of aliphatic hydroxyl groups excluding tert-OH is 1. The summed E-state index contributed by atoms with van der Waals surface area (Å²) in [4.78, 5) is 12.5. The highest BCUT2D eigenvalue weighted by atomic mass is 16.3. The first kappa shape index (κ1) is 11.4. The monoisotopic (exact) mass is 174 g/mol. The lowest BCUT2D eigenvalue weighted by molar-refractivity contribution is -0.121. The lowest BCUT2D eigenvalue weighted by atomic mass is 10.1. The number of nitrogens with two attached hydrogens (primary N) is 1. The molecule has 0 bridgehead atoms. The molecular formula is C8H18N2O2. The fourth-order valence-corrected chi connectivity index (χ4v) is 1.08. The lowest BCUT2D eigenvalue weighted by Crippen LogP contribution is -2.35. The maximum atomic E-state index is 10.7. The fraction of sp³-hybridized carbons (Fsp3) is 0.875. The second kappa shape index (κ2) is 5.11. The maximum absolute atomic E-state index is 10.7. The van der Waals surface area contributed by atoms with E-state index in [1.54, 1.807) is 13.8 Å². The first-order valence-corrected chi connectivity index (χ1v) is 4.09. The Labute approximate surface area is 73.3 Å². The molecule has 0 heterocycles. The standard InChI is InChI=1S/C8H18N2O2/c1-6(8(9)12)4-10(3)5-7(2)11/h6-7,11H,4-5H2,1-3H3,(H2,9,12). The largest absolute Gasteiger partial charge is 0.392 e. The van der Waals surface area contributed by atoms with Crippen molar-refractivity contribution in [3.05, 3.63) is 0 Å². The van der Waals surface area contributed by atoms with E-state index in [0.29, 0.717) is 13.1 Å². The summed E-state index contributed by atoms with van der Waals surface area (Å²) in [5, 5.41) is 9.02. The highest BCUT2D eigenvalue weighted by Gasteiger charge is 2.12. The minimum Gasteiger partial charge on any atom is -0.392 e. The van der Waals surface area contributed by atoms with Gasteiger partial charge in [-0.05, 0) is 14.0 Å². The summed E-state index contributed by atoms with van der Waals surface area (Å²) in [5.41, 5.74) is 5.09. The van der Waals surface area contributed by atoms with Crippen LogP contribution in [-0.4, -0.2) is 42.2 Å². The van der Waals surface area contributed by atoms with E-state index in [2.05, 4.69) is 0 Å². The second-order valence-corrected chi connectivity index (χ2v) is 3.37. The lowest BCUT2D eigenvalue weighted by Gasteiger charge is -2.20. The third kappa shape index (κ3) is 5.09. The maximum Gasteiger partial charge on any atom is 0.221 e. The molecule has 0 aromatic carbocycles. The van der Waals surface area contributed by atoms with Crippen LogP contribution in [0, 0.1) is 5.92 Å². The van der Waals surface area contributed by atoms with E-state index in [1.807, 2.05) is 11.9 Å². The van der Waals surface area contributed by atoms with Gasteiger partial charge in [-0.3, -0.25) is 4.79 Å². The number of hydrogen-bond acceptors (Lipinski definition) is 3. The van der Waals surface area contributed by atoms with Crippen molar-refractivity contribution in [2.75, 3.05) is 20.1 Å². The molecule has 0 aliphatic rings. The summed E-state index contributed by atoms with van der Waals surface area (Å²) < 4.78 is 0. The summed E-state index contributed by atoms with van der Waals surface area (Å²) in [6.45, 7) is 4.66. The van der Waals surface area contributed by atoms with Gasteiger partial charge in [0.15, 0.2) is 0 Å². The van der Waals surface area contributed by atoms with Gasteiger partial charge in [0.1, 0.15) is 0 Å². The van der Waals surface area contributed by atoms with Gasteiger partial charge in [-0.1, -0.05) is 6.92 Å². The van der Waals surface area contributed by atoms with E-state index in [0.717, 1.165) is 0 Å². The molecule has 0 fully saturated rings. The number of nitrogens with zero attached hydrogens (tertiary/aromatic N) is 1. The molecule has 0 rings (SSSR count). The zero-order valence-electron chi connectivity index (χ0n) is 7.95. The van der Waals surface area contributed by atoms with E-state index in [9.17, 15) is 4.79 Å². The number of rotatable bonds is 5. The molecule has 1 amide bonds. The smallest absolute Gasteiger partial charge is 0.221 e. The van der Waals surface area contributed by atoms with Crippen LogP contribution in [-0.2, 0) is 4.79 Å². The van der Waals surface area contributed by atoms with E-state index >= 15 is 0 Å². The van der Waals surface area contributed by atoms with Crippen LogP contribution in [0.5, 0.6) is 0 Å². The Balaban J connectivity index is 3.68. The number of carbonyl (C=O) groups is 1. The molecule has 0 saturated heterocycles. The Morgan fingerprint density at radius 3 is 2.33 bits per heavy atom. The minimum absolute atomic E-state index is 0.159. The zero-order chi connectivity index (χ0) is 9.72. The van der Waals surface area contributed by atoms with Gasteiger partial charge in [-0.2, -0.15) is 0 Å². The molecule has 0 aromatic heterocycles. The average Bonchev–Trinajstić information content (AvgIpc) is 1.84. The predicted octanol–water partition coefficient (Wildman–Crippen LogP) is -0.580.